The Morgan fingerprint density at radius 1 is 0.559 bits per heavy atom. The molecule has 2 heterocycles. The van der Waals surface area contributed by atoms with Crippen LogP contribution in [0.4, 0.5) is 17.3 Å². The average molecular weight is 439 g/mol. The summed E-state index contributed by atoms with van der Waals surface area (Å²) in [5.74, 6) is 1.65. The number of anilines is 3. The zero-order valence-corrected chi connectivity index (χ0v) is 18.5. The maximum atomic E-state index is 5.12. The first-order valence-electron chi connectivity index (χ1n) is 11.3. The van der Waals surface area contributed by atoms with Crippen LogP contribution in [0.5, 0.6) is 0 Å². The average Bonchev–Trinajstić information content (AvgIpc) is 3.30. The summed E-state index contributed by atoms with van der Waals surface area (Å²) in [5, 5.41) is 6.18. The quantitative estimate of drug-likeness (QED) is 0.278. The van der Waals surface area contributed by atoms with Crippen LogP contribution in [0.1, 0.15) is 0 Å². The van der Waals surface area contributed by atoms with E-state index < -0.39 is 0 Å². The van der Waals surface area contributed by atoms with Gasteiger partial charge in [0.05, 0.1) is 16.9 Å². The predicted molar refractivity (Wildman–Crippen MR) is 139 cm³/mol. The predicted octanol–water partition coefficient (Wildman–Crippen LogP) is 7.56. The van der Waals surface area contributed by atoms with Gasteiger partial charge in [0.25, 0.3) is 0 Å². The van der Waals surface area contributed by atoms with E-state index in [-0.39, 0.29) is 0 Å². The molecule has 0 saturated heterocycles. The Labute approximate surface area is 198 Å². The van der Waals surface area contributed by atoms with Gasteiger partial charge in [-0.2, -0.15) is 0 Å². The summed E-state index contributed by atoms with van der Waals surface area (Å²) in [4.78, 5) is 7.19. The van der Waals surface area contributed by atoms with Crippen LogP contribution in [-0.2, 0) is 0 Å². The van der Waals surface area contributed by atoms with Crippen molar-refractivity contribution in [1.29, 1.82) is 0 Å². The Morgan fingerprint density at radius 2 is 1.21 bits per heavy atom. The standard InChI is InChI=1S/C30H22N4/c1-4-13-23(14-5-1)27-20-12-22-29(31-27)33(24-15-6-2-7-16-24)30-26-19-10-11-21-28(26)34(32-30)25-17-8-3-9-18-25/h1-22H. The molecule has 4 heteroatoms. The summed E-state index contributed by atoms with van der Waals surface area (Å²) in [7, 11) is 0. The van der Waals surface area contributed by atoms with Gasteiger partial charge in [-0.1, -0.05) is 84.9 Å². The summed E-state index contributed by atoms with van der Waals surface area (Å²) >= 11 is 0. The van der Waals surface area contributed by atoms with Crippen molar-refractivity contribution in [3.05, 3.63) is 133 Å². The van der Waals surface area contributed by atoms with Gasteiger partial charge in [0.15, 0.2) is 5.82 Å². The maximum absolute atomic E-state index is 5.12. The summed E-state index contributed by atoms with van der Waals surface area (Å²) in [6, 6.07) is 45.2. The first kappa shape index (κ1) is 19.9. The summed E-state index contributed by atoms with van der Waals surface area (Å²) in [6.45, 7) is 0. The third-order valence-electron chi connectivity index (χ3n) is 5.83. The van der Waals surface area contributed by atoms with Gasteiger partial charge >= 0.3 is 0 Å². The Morgan fingerprint density at radius 3 is 1.97 bits per heavy atom. The normalized spacial score (nSPS) is 10.9. The number of fused-ring (bicyclic) bond motifs is 1. The lowest BCUT2D eigenvalue weighted by Crippen LogP contribution is -2.13. The molecule has 34 heavy (non-hydrogen) atoms. The maximum Gasteiger partial charge on any atom is 0.169 e. The van der Waals surface area contributed by atoms with E-state index in [1.54, 1.807) is 0 Å². The Hall–Kier alpha value is -4.70. The fraction of sp³-hybridized carbons (Fsp3) is 0. The first-order chi connectivity index (χ1) is 16.9. The molecule has 0 amide bonds. The molecule has 0 radical (unpaired) electrons. The molecule has 162 valence electrons. The van der Waals surface area contributed by atoms with E-state index in [0.29, 0.717) is 0 Å². The molecule has 4 nitrogen and oxygen atoms in total. The number of para-hydroxylation sites is 3. The number of benzene rings is 4. The van der Waals surface area contributed by atoms with Crippen LogP contribution in [0.3, 0.4) is 0 Å². The van der Waals surface area contributed by atoms with Crippen molar-refractivity contribution in [2.24, 2.45) is 0 Å². The highest BCUT2D eigenvalue weighted by atomic mass is 15.4. The molecule has 6 aromatic rings. The zero-order chi connectivity index (χ0) is 22.7. The number of pyridine rings is 1. The summed E-state index contributed by atoms with van der Waals surface area (Å²) < 4.78 is 2.00. The van der Waals surface area contributed by atoms with Gasteiger partial charge in [0.2, 0.25) is 0 Å². The molecule has 2 aromatic heterocycles. The molecule has 6 rings (SSSR count). The molecular weight excluding hydrogens is 416 g/mol. The lowest BCUT2D eigenvalue weighted by Gasteiger charge is -2.22. The second-order valence-corrected chi connectivity index (χ2v) is 8.01. The van der Waals surface area contributed by atoms with Crippen LogP contribution in [-0.4, -0.2) is 14.8 Å². The third-order valence-corrected chi connectivity index (χ3v) is 5.83. The molecule has 0 fully saturated rings. The second-order valence-electron chi connectivity index (χ2n) is 8.01. The first-order valence-corrected chi connectivity index (χ1v) is 11.3. The fourth-order valence-corrected chi connectivity index (χ4v) is 4.24. The summed E-state index contributed by atoms with van der Waals surface area (Å²) in [6.07, 6.45) is 0. The van der Waals surface area contributed by atoms with Crippen molar-refractivity contribution >= 4 is 28.2 Å². The molecule has 0 aliphatic rings. The van der Waals surface area contributed by atoms with Gasteiger partial charge in [0.1, 0.15) is 5.82 Å². The number of nitrogens with zero attached hydrogens (tertiary/aromatic N) is 4. The van der Waals surface area contributed by atoms with E-state index in [2.05, 4.69) is 65.6 Å². The van der Waals surface area contributed by atoms with Gasteiger partial charge in [-0.3, -0.25) is 4.90 Å². The number of hydrogen-bond acceptors (Lipinski definition) is 3. The lowest BCUT2D eigenvalue weighted by atomic mass is 10.1. The van der Waals surface area contributed by atoms with Crippen molar-refractivity contribution < 1.29 is 0 Å². The van der Waals surface area contributed by atoms with E-state index >= 15 is 0 Å². The van der Waals surface area contributed by atoms with Crippen LogP contribution < -0.4 is 4.90 Å². The highest BCUT2D eigenvalue weighted by molar-refractivity contribution is 5.96. The molecule has 0 bridgehead atoms. The molecule has 0 saturated carbocycles. The number of aromatic nitrogens is 3. The topological polar surface area (TPSA) is 34.0 Å². The van der Waals surface area contributed by atoms with E-state index in [9.17, 15) is 0 Å². The van der Waals surface area contributed by atoms with Crippen LogP contribution in [0.25, 0.3) is 27.8 Å². The van der Waals surface area contributed by atoms with Crippen LogP contribution in [0.15, 0.2) is 133 Å². The Balaban J connectivity index is 1.58. The second kappa shape index (κ2) is 8.68. The molecule has 0 aliphatic carbocycles. The number of rotatable bonds is 5. The fourth-order valence-electron chi connectivity index (χ4n) is 4.24. The minimum atomic E-state index is 0.816. The van der Waals surface area contributed by atoms with Crippen molar-refractivity contribution in [1.82, 2.24) is 14.8 Å². The number of hydrogen-bond donors (Lipinski definition) is 0. The van der Waals surface area contributed by atoms with E-state index in [1.165, 1.54) is 0 Å². The minimum absolute atomic E-state index is 0.816. The molecule has 0 N–H and O–H groups in total. The van der Waals surface area contributed by atoms with Gasteiger partial charge in [-0.15, -0.1) is 5.10 Å². The van der Waals surface area contributed by atoms with E-state index in [1.807, 2.05) is 77.5 Å². The van der Waals surface area contributed by atoms with Gasteiger partial charge in [0, 0.05) is 16.6 Å². The van der Waals surface area contributed by atoms with Gasteiger partial charge in [-0.05, 0) is 48.5 Å². The molecule has 0 atom stereocenters. The molecule has 0 unspecified atom stereocenters. The molecule has 4 aromatic carbocycles. The molecule has 0 spiro atoms. The zero-order valence-electron chi connectivity index (χ0n) is 18.5. The molecule has 0 aliphatic heterocycles. The highest BCUT2D eigenvalue weighted by Gasteiger charge is 2.22. The van der Waals surface area contributed by atoms with Crippen LogP contribution in [0, 0.1) is 0 Å². The SMILES string of the molecule is c1ccc(-c2cccc(N(c3ccccc3)c3nn(-c4ccccc4)c4ccccc34)n2)cc1. The highest BCUT2D eigenvalue weighted by Crippen LogP contribution is 2.38. The smallest absolute Gasteiger partial charge is 0.169 e. The van der Waals surface area contributed by atoms with Crippen molar-refractivity contribution in [3.63, 3.8) is 0 Å². The lowest BCUT2D eigenvalue weighted by molar-refractivity contribution is 0.902. The van der Waals surface area contributed by atoms with Crippen LogP contribution in [0.2, 0.25) is 0 Å². The summed E-state index contributed by atoms with van der Waals surface area (Å²) in [5.41, 5.74) is 5.07. The van der Waals surface area contributed by atoms with Crippen LogP contribution >= 0.6 is 0 Å². The van der Waals surface area contributed by atoms with Crippen molar-refractivity contribution in [2.45, 2.75) is 0 Å². The van der Waals surface area contributed by atoms with Gasteiger partial charge < -0.3 is 0 Å². The van der Waals surface area contributed by atoms with Crippen molar-refractivity contribution in [3.8, 4) is 16.9 Å². The largest absolute Gasteiger partial charge is 0.277 e. The third kappa shape index (κ3) is 3.61. The van der Waals surface area contributed by atoms with Gasteiger partial charge in [-0.25, -0.2) is 9.67 Å². The van der Waals surface area contributed by atoms with Crippen molar-refractivity contribution in [2.75, 3.05) is 4.90 Å². The minimum Gasteiger partial charge on any atom is -0.277 e. The molecular formula is C30H22N4. The Bertz CT molecular complexity index is 1540. The van der Waals surface area contributed by atoms with E-state index in [0.717, 1.165) is 45.2 Å². The van der Waals surface area contributed by atoms with E-state index in [4.69, 9.17) is 10.1 Å². The Kier molecular flexibility index (Phi) is 5.09. The monoisotopic (exact) mass is 438 g/mol.